The van der Waals surface area contributed by atoms with E-state index in [4.69, 9.17) is 0 Å². The first kappa shape index (κ1) is 11.5. The third-order valence-electron chi connectivity index (χ3n) is 3.57. The van der Waals surface area contributed by atoms with E-state index in [1.54, 1.807) is 11.8 Å². The minimum Gasteiger partial charge on any atom is -0.394 e. The van der Waals surface area contributed by atoms with Crippen LogP contribution in [0.25, 0.3) is 0 Å². The Morgan fingerprint density at radius 2 is 2.29 bits per heavy atom. The van der Waals surface area contributed by atoms with Gasteiger partial charge < -0.3 is 10.4 Å². The zero-order chi connectivity index (χ0) is 11.7. The second kappa shape index (κ2) is 4.59. The zero-order valence-electron chi connectivity index (χ0n) is 9.72. The van der Waals surface area contributed by atoms with Crippen molar-refractivity contribution < 1.29 is 5.11 Å². The fourth-order valence-corrected chi connectivity index (χ4v) is 3.27. The minimum atomic E-state index is -0.112. The van der Waals surface area contributed by atoms with Gasteiger partial charge in [0.05, 0.1) is 12.1 Å². The van der Waals surface area contributed by atoms with Gasteiger partial charge in [0.2, 0.25) is 0 Å². The summed E-state index contributed by atoms with van der Waals surface area (Å²) < 4.78 is 0. The molecule has 1 atom stereocenters. The van der Waals surface area contributed by atoms with Crippen molar-refractivity contribution >= 4 is 11.8 Å². The van der Waals surface area contributed by atoms with Crippen molar-refractivity contribution in [3.05, 3.63) is 6.33 Å². The van der Waals surface area contributed by atoms with Gasteiger partial charge in [-0.05, 0) is 31.6 Å². The van der Waals surface area contributed by atoms with Gasteiger partial charge in [0.25, 0.3) is 0 Å². The Labute approximate surface area is 105 Å². The van der Waals surface area contributed by atoms with Crippen LogP contribution in [0, 0.1) is 5.92 Å². The lowest BCUT2D eigenvalue weighted by molar-refractivity contribution is 0.157. The summed E-state index contributed by atoms with van der Waals surface area (Å²) in [6.45, 7) is 0.218. The quantitative estimate of drug-likeness (QED) is 0.627. The summed E-state index contributed by atoms with van der Waals surface area (Å²) in [5.41, 5.74) is -0.112. The van der Waals surface area contributed by atoms with Crippen molar-refractivity contribution in [1.29, 1.82) is 0 Å². The highest BCUT2D eigenvalue weighted by molar-refractivity contribution is 7.99. The maximum atomic E-state index is 9.77. The number of aromatic nitrogens is 3. The van der Waals surface area contributed by atoms with E-state index in [0.717, 1.165) is 10.9 Å². The first-order valence-electron chi connectivity index (χ1n) is 6.19. The number of nitrogens with one attached hydrogen (secondary N) is 2. The van der Waals surface area contributed by atoms with Crippen LogP contribution in [0.5, 0.6) is 0 Å². The summed E-state index contributed by atoms with van der Waals surface area (Å²) in [4.78, 5) is 4.12. The number of hydrogen-bond acceptors (Lipinski definition) is 5. The van der Waals surface area contributed by atoms with E-state index in [-0.39, 0.29) is 12.1 Å². The molecule has 0 aromatic carbocycles. The molecular weight excluding hydrogens is 236 g/mol. The maximum absolute atomic E-state index is 9.77. The van der Waals surface area contributed by atoms with Gasteiger partial charge in [-0.15, -0.1) is 0 Å². The molecule has 6 heteroatoms. The lowest BCUT2D eigenvalue weighted by Gasteiger charge is -2.33. The standard InChI is InChI=1S/C11H18N4OS/c16-5-11(8-1-2-8,14-9-3-4-9)6-17-10-12-7-13-15-10/h7-9,14,16H,1-6H2,(H,12,13,15). The SMILES string of the molecule is OCC(CSc1ncn[nH]1)(NC1CC1)C1CC1. The number of aromatic amines is 1. The largest absolute Gasteiger partial charge is 0.394 e. The number of aliphatic hydroxyl groups excluding tert-OH is 1. The van der Waals surface area contributed by atoms with E-state index >= 15 is 0 Å². The van der Waals surface area contributed by atoms with Gasteiger partial charge in [-0.1, -0.05) is 11.8 Å². The Morgan fingerprint density at radius 1 is 1.47 bits per heavy atom. The van der Waals surface area contributed by atoms with Gasteiger partial charge in [0, 0.05) is 11.8 Å². The van der Waals surface area contributed by atoms with Crippen molar-refractivity contribution in [2.24, 2.45) is 5.92 Å². The molecule has 1 heterocycles. The lowest BCUT2D eigenvalue weighted by atomic mass is 9.96. The van der Waals surface area contributed by atoms with Gasteiger partial charge in [0.1, 0.15) is 6.33 Å². The van der Waals surface area contributed by atoms with Gasteiger partial charge in [0.15, 0.2) is 5.16 Å². The summed E-state index contributed by atoms with van der Waals surface area (Å²) in [7, 11) is 0. The van der Waals surface area contributed by atoms with Gasteiger partial charge in [-0.25, -0.2) is 4.98 Å². The summed E-state index contributed by atoms with van der Waals surface area (Å²) in [5.74, 6) is 1.49. The van der Waals surface area contributed by atoms with E-state index in [0.29, 0.717) is 12.0 Å². The average Bonchev–Trinajstić information content (AvgIpc) is 3.26. The van der Waals surface area contributed by atoms with Crippen LogP contribution in [-0.4, -0.2) is 44.2 Å². The van der Waals surface area contributed by atoms with E-state index in [2.05, 4.69) is 20.5 Å². The molecule has 0 radical (unpaired) electrons. The molecule has 0 saturated heterocycles. The molecular formula is C11H18N4OS. The summed E-state index contributed by atoms with van der Waals surface area (Å²) in [6, 6.07) is 0.623. The van der Waals surface area contributed by atoms with E-state index in [1.165, 1.54) is 32.0 Å². The van der Waals surface area contributed by atoms with Crippen molar-refractivity contribution in [2.75, 3.05) is 12.4 Å². The normalized spacial score (nSPS) is 23.6. The molecule has 0 aliphatic heterocycles. The Bertz CT molecular complexity index is 364. The van der Waals surface area contributed by atoms with E-state index in [9.17, 15) is 5.11 Å². The van der Waals surface area contributed by atoms with Crippen molar-refractivity contribution in [2.45, 2.75) is 42.4 Å². The summed E-state index contributed by atoms with van der Waals surface area (Å²) in [5, 5.41) is 20.9. The minimum absolute atomic E-state index is 0.112. The molecule has 2 aliphatic carbocycles. The molecule has 5 nitrogen and oxygen atoms in total. The highest BCUT2D eigenvalue weighted by Gasteiger charge is 2.47. The Morgan fingerprint density at radius 3 is 2.82 bits per heavy atom. The molecule has 1 aromatic rings. The highest BCUT2D eigenvalue weighted by Crippen LogP contribution is 2.43. The second-order valence-corrected chi connectivity index (χ2v) is 6.05. The fourth-order valence-electron chi connectivity index (χ4n) is 2.23. The lowest BCUT2D eigenvalue weighted by Crippen LogP contribution is -2.53. The van der Waals surface area contributed by atoms with Crippen molar-refractivity contribution in [3.63, 3.8) is 0 Å². The average molecular weight is 254 g/mol. The zero-order valence-corrected chi connectivity index (χ0v) is 10.5. The molecule has 0 spiro atoms. The van der Waals surface area contributed by atoms with Crippen LogP contribution in [0.2, 0.25) is 0 Å². The predicted molar refractivity (Wildman–Crippen MR) is 65.8 cm³/mol. The van der Waals surface area contributed by atoms with Crippen LogP contribution in [0.3, 0.4) is 0 Å². The van der Waals surface area contributed by atoms with Crippen LogP contribution in [-0.2, 0) is 0 Å². The van der Waals surface area contributed by atoms with Crippen LogP contribution >= 0.6 is 11.8 Å². The highest BCUT2D eigenvalue weighted by atomic mass is 32.2. The maximum Gasteiger partial charge on any atom is 0.183 e. The fraction of sp³-hybridized carbons (Fsp3) is 0.818. The molecule has 0 bridgehead atoms. The van der Waals surface area contributed by atoms with Crippen LogP contribution in [0.4, 0.5) is 0 Å². The molecule has 3 rings (SSSR count). The number of thioether (sulfide) groups is 1. The predicted octanol–water partition coefficient (Wildman–Crippen LogP) is 0.790. The Balaban J connectivity index is 1.64. The summed E-state index contributed by atoms with van der Waals surface area (Å²) >= 11 is 1.65. The second-order valence-electron chi connectivity index (χ2n) is 5.09. The first-order valence-corrected chi connectivity index (χ1v) is 7.18. The van der Waals surface area contributed by atoms with Crippen LogP contribution < -0.4 is 5.32 Å². The molecule has 1 aromatic heterocycles. The summed E-state index contributed by atoms with van der Waals surface area (Å²) in [6.07, 6.45) is 6.49. The van der Waals surface area contributed by atoms with Gasteiger partial charge >= 0.3 is 0 Å². The smallest absolute Gasteiger partial charge is 0.183 e. The van der Waals surface area contributed by atoms with Crippen LogP contribution in [0.15, 0.2) is 11.5 Å². The number of rotatable bonds is 7. The monoisotopic (exact) mass is 254 g/mol. The number of nitrogens with zero attached hydrogens (tertiary/aromatic N) is 2. The molecule has 2 fully saturated rings. The van der Waals surface area contributed by atoms with Crippen LogP contribution in [0.1, 0.15) is 25.7 Å². The third kappa shape index (κ3) is 2.64. The molecule has 3 N–H and O–H groups in total. The molecule has 0 amide bonds. The molecule has 1 unspecified atom stereocenters. The molecule has 94 valence electrons. The third-order valence-corrected chi connectivity index (χ3v) is 4.70. The number of H-pyrrole nitrogens is 1. The Hall–Kier alpha value is -0.590. The van der Waals surface area contributed by atoms with Gasteiger partial charge in [-0.3, -0.25) is 5.10 Å². The molecule has 17 heavy (non-hydrogen) atoms. The Kier molecular flexibility index (Phi) is 3.10. The first-order chi connectivity index (χ1) is 8.32. The van der Waals surface area contributed by atoms with Crippen molar-refractivity contribution in [1.82, 2.24) is 20.5 Å². The van der Waals surface area contributed by atoms with E-state index in [1.807, 2.05) is 0 Å². The van der Waals surface area contributed by atoms with Crippen molar-refractivity contribution in [3.8, 4) is 0 Å². The molecule has 2 aliphatic rings. The molecule has 2 saturated carbocycles. The number of aliphatic hydroxyl groups is 1. The number of hydrogen-bond donors (Lipinski definition) is 3. The van der Waals surface area contributed by atoms with E-state index < -0.39 is 0 Å². The topological polar surface area (TPSA) is 73.8 Å². The van der Waals surface area contributed by atoms with Gasteiger partial charge in [-0.2, -0.15) is 5.10 Å².